The quantitative estimate of drug-likeness (QED) is 0.601. The van der Waals surface area contributed by atoms with E-state index in [1.165, 1.54) is 11.1 Å². The average Bonchev–Trinajstić information content (AvgIpc) is 2.36. The molecule has 2 nitrogen and oxygen atoms in total. The largest absolute Gasteiger partial charge is 0.366 e. The Morgan fingerprint density at radius 3 is 1.81 bits per heavy atom. The monoisotopic (exact) mass is 210 g/mol. The molecule has 4 rings (SSSR count). The molecular weight excluding hydrogens is 196 g/mol. The van der Waals surface area contributed by atoms with E-state index in [2.05, 4.69) is 58.7 Å². The Balaban J connectivity index is 1.89. The summed E-state index contributed by atoms with van der Waals surface area (Å²) < 4.78 is 0. The molecule has 0 aromatic heterocycles. The first-order valence-electron chi connectivity index (χ1n) is 5.90. The van der Waals surface area contributed by atoms with E-state index in [4.69, 9.17) is 0 Å². The SMILES string of the molecule is C1=CN2CCN3C=CC=C4C=CC(=C1)C2C43. The van der Waals surface area contributed by atoms with E-state index < -0.39 is 0 Å². The van der Waals surface area contributed by atoms with Gasteiger partial charge in [-0.1, -0.05) is 24.3 Å². The van der Waals surface area contributed by atoms with Crippen molar-refractivity contribution in [1.82, 2.24) is 9.80 Å². The van der Waals surface area contributed by atoms with Gasteiger partial charge in [0.05, 0.1) is 12.1 Å². The van der Waals surface area contributed by atoms with Crippen LogP contribution >= 0.6 is 0 Å². The molecule has 0 saturated carbocycles. The molecule has 16 heavy (non-hydrogen) atoms. The van der Waals surface area contributed by atoms with E-state index in [0.29, 0.717) is 12.1 Å². The van der Waals surface area contributed by atoms with Crippen LogP contribution in [0.4, 0.5) is 0 Å². The Labute approximate surface area is 95.5 Å². The number of allylic oxidation sites excluding steroid dienone is 4. The highest BCUT2D eigenvalue weighted by Crippen LogP contribution is 2.36. The third kappa shape index (κ3) is 0.967. The Morgan fingerprint density at radius 1 is 0.812 bits per heavy atom. The van der Waals surface area contributed by atoms with Crippen LogP contribution in [0.2, 0.25) is 0 Å². The maximum atomic E-state index is 2.48. The second-order valence-electron chi connectivity index (χ2n) is 4.72. The van der Waals surface area contributed by atoms with Gasteiger partial charge in [-0.15, -0.1) is 0 Å². The normalized spacial score (nSPS) is 33.5. The maximum Gasteiger partial charge on any atom is 0.0783 e. The summed E-state index contributed by atoms with van der Waals surface area (Å²) in [6.45, 7) is 2.25. The summed E-state index contributed by atoms with van der Waals surface area (Å²) in [5.41, 5.74) is 2.90. The van der Waals surface area contributed by atoms with E-state index in [1.807, 2.05) is 0 Å². The predicted octanol–water partition coefficient (Wildman–Crippen LogP) is 1.82. The Bertz CT molecular complexity index is 435. The third-order valence-electron chi connectivity index (χ3n) is 3.91. The number of rotatable bonds is 0. The van der Waals surface area contributed by atoms with Gasteiger partial charge in [-0.3, -0.25) is 0 Å². The van der Waals surface area contributed by atoms with Gasteiger partial charge in [0.2, 0.25) is 0 Å². The van der Waals surface area contributed by atoms with Crippen molar-refractivity contribution in [3.05, 3.63) is 60.0 Å². The lowest BCUT2D eigenvalue weighted by Crippen LogP contribution is -2.59. The van der Waals surface area contributed by atoms with Crippen LogP contribution in [0.5, 0.6) is 0 Å². The number of hydrogen-bond donors (Lipinski definition) is 0. The second-order valence-corrected chi connectivity index (χ2v) is 4.72. The molecule has 0 aromatic rings. The molecule has 0 N–H and O–H groups in total. The fourth-order valence-electron chi connectivity index (χ4n) is 3.18. The van der Waals surface area contributed by atoms with E-state index in [1.54, 1.807) is 0 Å². The molecule has 0 radical (unpaired) electrons. The fourth-order valence-corrected chi connectivity index (χ4v) is 3.18. The van der Waals surface area contributed by atoms with Crippen molar-refractivity contribution in [2.45, 2.75) is 12.1 Å². The molecule has 2 unspecified atom stereocenters. The summed E-state index contributed by atoms with van der Waals surface area (Å²) >= 11 is 0. The van der Waals surface area contributed by atoms with Crippen LogP contribution in [0.25, 0.3) is 0 Å². The molecular formula is C14H14N2. The summed E-state index contributed by atoms with van der Waals surface area (Å²) in [5.74, 6) is 0. The average molecular weight is 210 g/mol. The van der Waals surface area contributed by atoms with E-state index >= 15 is 0 Å². The molecule has 3 aliphatic heterocycles. The maximum absolute atomic E-state index is 2.48. The van der Waals surface area contributed by atoms with Crippen LogP contribution in [-0.4, -0.2) is 35.0 Å². The molecule has 3 heterocycles. The van der Waals surface area contributed by atoms with Crippen LogP contribution in [0.1, 0.15) is 0 Å². The third-order valence-corrected chi connectivity index (χ3v) is 3.91. The molecule has 0 spiro atoms. The van der Waals surface area contributed by atoms with Crippen LogP contribution in [0.15, 0.2) is 60.0 Å². The van der Waals surface area contributed by atoms with Crippen molar-refractivity contribution in [3.63, 3.8) is 0 Å². The van der Waals surface area contributed by atoms with Gasteiger partial charge >= 0.3 is 0 Å². The topological polar surface area (TPSA) is 6.48 Å². The highest BCUT2D eigenvalue weighted by atomic mass is 15.3. The van der Waals surface area contributed by atoms with Gasteiger partial charge in [0, 0.05) is 13.1 Å². The minimum Gasteiger partial charge on any atom is -0.366 e. The van der Waals surface area contributed by atoms with Gasteiger partial charge in [-0.05, 0) is 35.7 Å². The van der Waals surface area contributed by atoms with E-state index in [-0.39, 0.29) is 0 Å². The van der Waals surface area contributed by atoms with Crippen molar-refractivity contribution in [1.29, 1.82) is 0 Å². The molecule has 2 heteroatoms. The van der Waals surface area contributed by atoms with Crippen LogP contribution < -0.4 is 0 Å². The van der Waals surface area contributed by atoms with Gasteiger partial charge in [0.1, 0.15) is 0 Å². The first kappa shape index (κ1) is 8.45. The van der Waals surface area contributed by atoms with Gasteiger partial charge < -0.3 is 9.80 Å². The van der Waals surface area contributed by atoms with Crippen LogP contribution in [-0.2, 0) is 0 Å². The first-order valence-corrected chi connectivity index (χ1v) is 5.90. The highest BCUT2D eigenvalue weighted by molar-refractivity contribution is 5.49. The fraction of sp³-hybridized carbons (Fsp3) is 0.286. The van der Waals surface area contributed by atoms with Crippen molar-refractivity contribution >= 4 is 0 Å². The Kier molecular flexibility index (Phi) is 1.54. The number of hydrogen-bond acceptors (Lipinski definition) is 2. The Morgan fingerprint density at radius 2 is 1.31 bits per heavy atom. The zero-order valence-corrected chi connectivity index (χ0v) is 9.08. The molecule has 0 bridgehead atoms. The lowest BCUT2D eigenvalue weighted by atomic mass is 9.81. The second kappa shape index (κ2) is 2.91. The van der Waals surface area contributed by atoms with Crippen molar-refractivity contribution in [2.75, 3.05) is 13.1 Å². The summed E-state index contributed by atoms with van der Waals surface area (Å²) in [7, 11) is 0. The molecule has 0 aromatic carbocycles. The molecule has 2 atom stereocenters. The minimum absolute atomic E-state index is 0.528. The van der Waals surface area contributed by atoms with Crippen LogP contribution in [0.3, 0.4) is 0 Å². The van der Waals surface area contributed by atoms with Gasteiger partial charge in [-0.2, -0.15) is 0 Å². The molecule has 0 amide bonds. The predicted molar refractivity (Wildman–Crippen MR) is 64.6 cm³/mol. The zero-order valence-electron chi connectivity index (χ0n) is 9.08. The van der Waals surface area contributed by atoms with E-state index in [0.717, 1.165) is 13.1 Å². The number of piperazine rings is 1. The van der Waals surface area contributed by atoms with Crippen molar-refractivity contribution in [2.24, 2.45) is 0 Å². The Hall–Kier alpha value is -1.70. The summed E-state index contributed by atoms with van der Waals surface area (Å²) in [4.78, 5) is 4.96. The van der Waals surface area contributed by atoms with Crippen LogP contribution in [0, 0.1) is 0 Å². The first-order chi connectivity index (χ1) is 7.93. The lowest BCUT2D eigenvalue weighted by molar-refractivity contribution is 0.120. The van der Waals surface area contributed by atoms with Gasteiger partial charge in [0.15, 0.2) is 0 Å². The number of nitrogens with zero attached hydrogens (tertiary/aromatic N) is 2. The van der Waals surface area contributed by atoms with E-state index in [9.17, 15) is 0 Å². The van der Waals surface area contributed by atoms with Crippen molar-refractivity contribution in [3.8, 4) is 0 Å². The molecule has 1 saturated heterocycles. The molecule has 4 aliphatic rings. The molecule has 80 valence electrons. The highest BCUT2D eigenvalue weighted by Gasteiger charge is 2.40. The summed E-state index contributed by atoms with van der Waals surface area (Å²) in [5, 5.41) is 0. The van der Waals surface area contributed by atoms with Crippen molar-refractivity contribution < 1.29 is 0 Å². The molecule has 1 aliphatic carbocycles. The smallest absolute Gasteiger partial charge is 0.0783 e. The summed E-state index contributed by atoms with van der Waals surface area (Å²) in [6.07, 6.45) is 17.8. The minimum atomic E-state index is 0.528. The summed E-state index contributed by atoms with van der Waals surface area (Å²) in [6, 6.07) is 1.06. The molecule has 1 fully saturated rings. The van der Waals surface area contributed by atoms with Gasteiger partial charge in [0.25, 0.3) is 0 Å². The zero-order chi connectivity index (χ0) is 10.5. The lowest BCUT2D eigenvalue weighted by Gasteiger charge is -2.51. The standard InChI is InChI=1S/C14H14N2/c1-3-11-5-6-12-4-2-8-16-10-9-15(7-1)13(11)14(12)16/h1-8,13-14H,9-10H2. The van der Waals surface area contributed by atoms with Gasteiger partial charge in [-0.25, -0.2) is 0 Å².